The van der Waals surface area contributed by atoms with Crippen molar-refractivity contribution in [3.8, 4) is 0 Å². The largest absolute Gasteiger partial charge is 0.467 e. The highest BCUT2D eigenvalue weighted by Gasteiger charge is 2.12. The quantitative estimate of drug-likeness (QED) is 0.473. The molecule has 5 nitrogen and oxygen atoms in total. The molecule has 0 aliphatic rings. The SMILES string of the molecule is CCc1ccc(C(=O)CSc2nnc(NCc3ccco3)s2)s1. The van der Waals surface area contributed by atoms with E-state index in [1.165, 1.54) is 28.0 Å². The number of furan rings is 1. The van der Waals surface area contributed by atoms with Gasteiger partial charge in [-0.2, -0.15) is 0 Å². The average Bonchev–Trinajstić information content (AvgIpc) is 3.31. The summed E-state index contributed by atoms with van der Waals surface area (Å²) in [6, 6.07) is 7.67. The number of anilines is 1. The fourth-order valence-corrected chi connectivity index (χ4v) is 4.44. The van der Waals surface area contributed by atoms with E-state index in [9.17, 15) is 4.79 Å². The molecule has 0 bridgehead atoms. The van der Waals surface area contributed by atoms with Gasteiger partial charge in [0.2, 0.25) is 5.13 Å². The molecule has 0 aliphatic heterocycles. The van der Waals surface area contributed by atoms with E-state index in [0.29, 0.717) is 12.3 Å². The zero-order chi connectivity index (χ0) is 16.1. The summed E-state index contributed by atoms with van der Waals surface area (Å²) in [5, 5.41) is 12.0. The zero-order valence-electron chi connectivity index (χ0n) is 12.4. The van der Waals surface area contributed by atoms with Crippen LogP contribution in [-0.4, -0.2) is 21.7 Å². The van der Waals surface area contributed by atoms with E-state index in [0.717, 1.165) is 26.5 Å². The minimum atomic E-state index is 0.139. The summed E-state index contributed by atoms with van der Waals surface area (Å²) in [7, 11) is 0. The van der Waals surface area contributed by atoms with E-state index in [1.807, 2.05) is 24.3 Å². The fourth-order valence-electron chi connectivity index (χ4n) is 1.83. The number of aryl methyl sites for hydroxylation is 1. The Morgan fingerprint density at radius 2 is 2.22 bits per heavy atom. The molecule has 1 N–H and O–H groups in total. The van der Waals surface area contributed by atoms with Crippen LogP contribution >= 0.6 is 34.4 Å². The lowest BCUT2D eigenvalue weighted by Gasteiger charge is -1.97. The van der Waals surface area contributed by atoms with Crippen molar-refractivity contribution in [1.82, 2.24) is 10.2 Å². The molecule has 23 heavy (non-hydrogen) atoms. The number of nitrogens with one attached hydrogen (secondary N) is 1. The number of hydrogen-bond donors (Lipinski definition) is 1. The molecule has 0 spiro atoms. The van der Waals surface area contributed by atoms with Crippen molar-refractivity contribution in [1.29, 1.82) is 0 Å². The summed E-state index contributed by atoms with van der Waals surface area (Å²) in [4.78, 5) is 14.2. The molecule has 120 valence electrons. The Balaban J connectivity index is 1.49. The van der Waals surface area contributed by atoms with Gasteiger partial charge < -0.3 is 9.73 Å². The van der Waals surface area contributed by atoms with E-state index in [1.54, 1.807) is 17.6 Å². The lowest BCUT2D eigenvalue weighted by atomic mass is 10.3. The first-order valence-corrected chi connectivity index (χ1v) is 9.71. The van der Waals surface area contributed by atoms with Crippen LogP contribution in [0.15, 0.2) is 39.3 Å². The summed E-state index contributed by atoms with van der Waals surface area (Å²) in [5.41, 5.74) is 0. The molecule has 0 fully saturated rings. The second kappa shape index (κ2) is 7.76. The summed E-state index contributed by atoms with van der Waals surface area (Å²) in [5.74, 6) is 1.37. The van der Waals surface area contributed by atoms with E-state index >= 15 is 0 Å². The first-order chi connectivity index (χ1) is 11.2. The standard InChI is InChI=1S/C15H15N3O2S3/c1-2-11-5-6-13(22-11)12(19)9-21-15-18-17-14(23-15)16-8-10-4-3-7-20-10/h3-7H,2,8-9H2,1H3,(H,16,17). The first kappa shape index (κ1) is 16.2. The first-order valence-electron chi connectivity index (χ1n) is 7.09. The van der Waals surface area contributed by atoms with Crippen LogP contribution in [0, 0.1) is 0 Å². The van der Waals surface area contributed by atoms with E-state index < -0.39 is 0 Å². The topological polar surface area (TPSA) is 68.0 Å². The lowest BCUT2D eigenvalue weighted by Crippen LogP contribution is -1.98. The van der Waals surface area contributed by atoms with Gasteiger partial charge in [-0.3, -0.25) is 4.79 Å². The Hall–Kier alpha value is -1.64. The van der Waals surface area contributed by atoms with Gasteiger partial charge in [0, 0.05) is 4.88 Å². The van der Waals surface area contributed by atoms with Gasteiger partial charge >= 0.3 is 0 Å². The number of thiophene rings is 1. The van der Waals surface area contributed by atoms with Crippen LogP contribution in [-0.2, 0) is 13.0 Å². The number of Topliss-reactive ketones (excluding diaryl/α,β-unsaturated/α-hetero) is 1. The van der Waals surface area contributed by atoms with E-state index in [4.69, 9.17) is 4.42 Å². The van der Waals surface area contributed by atoms with Gasteiger partial charge in [-0.25, -0.2) is 0 Å². The summed E-state index contributed by atoms with van der Waals surface area (Å²) in [6.45, 7) is 2.66. The van der Waals surface area contributed by atoms with Gasteiger partial charge in [-0.15, -0.1) is 21.5 Å². The number of thioether (sulfide) groups is 1. The second-order valence-electron chi connectivity index (χ2n) is 4.64. The van der Waals surface area contributed by atoms with Crippen LogP contribution in [0.25, 0.3) is 0 Å². The third-order valence-corrected chi connectivity index (χ3v) is 6.30. The summed E-state index contributed by atoms with van der Waals surface area (Å²) < 4.78 is 6.03. The molecule has 3 aromatic rings. The molecule has 8 heteroatoms. The molecule has 3 rings (SSSR count). The van der Waals surface area contributed by atoms with Gasteiger partial charge in [-0.05, 0) is 30.7 Å². The van der Waals surface area contributed by atoms with Crippen LogP contribution in [0.2, 0.25) is 0 Å². The number of aromatic nitrogens is 2. The highest BCUT2D eigenvalue weighted by Crippen LogP contribution is 2.27. The van der Waals surface area contributed by atoms with Crippen molar-refractivity contribution >= 4 is 45.4 Å². The third kappa shape index (κ3) is 4.43. The highest BCUT2D eigenvalue weighted by atomic mass is 32.2. The van der Waals surface area contributed by atoms with Crippen LogP contribution in [0.3, 0.4) is 0 Å². The minimum absolute atomic E-state index is 0.139. The number of carbonyl (C=O) groups is 1. The van der Waals surface area contributed by atoms with Crippen LogP contribution < -0.4 is 5.32 Å². The molecule has 0 radical (unpaired) electrons. The monoisotopic (exact) mass is 365 g/mol. The van der Waals surface area contributed by atoms with E-state index in [2.05, 4.69) is 22.4 Å². The van der Waals surface area contributed by atoms with Gasteiger partial charge in [0.25, 0.3) is 0 Å². The van der Waals surface area contributed by atoms with E-state index in [-0.39, 0.29) is 5.78 Å². The van der Waals surface area contributed by atoms with Crippen molar-refractivity contribution in [2.24, 2.45) is 0 Å². The maximum atomic E-state index is 12.2. The molecule has 0 unspecified atom stereocenters. The van der Waals surface area contributed by atoms with Crippen LogP contribution in [0.4, 0.5) is 5.13 Å². The van der Waals surface area contributed by atoms with Crippen molar-refractivity contribution in [2.75, 3.05) is 11.1 Å². The maximum absolute atomic E-state index is 12.2. The Bertz CT molecular complexity index is 765. The summed E-state index contributed by atoms with van der Waals surface area (Å²) >= 11 is 4.43. The molecule has 0 aliphatic carbocycles. The van der Waals surface area contributed by atoms with Gasteiger partial charge in [-0.1, -0.05) is 30.0 Å². The third-order valence-electron chi connectivity index (χ3n) is 3.01. The Labute approximate surface area is 146 Å². The molecule has 0 saturated heterocycles. The Morgan fingerprint density at radius 1 is 1.30 bits per heavy atom. The van der Waals surface area contributed by atoms with Crippen molar-refractivity contribution in [3.63, 3.8) is 0 Å². The lowest BCUT2D eigenvalue weighted by molar-refractivity contribution is 0.102. The predicted molar refractivity (Wildman–Crippen MR) is 94.7 cm³/mol. The number of hydrogen-bond acceptors (Lipinski definition) is 8. The fraction of sp³-hybridized carbons (Fsp3) is 0.267. The van der Waals surface area contributed by atoms with Crippen molar-refractivity contribution < 1.29 is 9.21 Å². The normalized spacial score (nSPS) is 10.8. The van der Waals surface area contributed by atoms with Gasteiger partial charge in [0.05, 0.1) is 23.4 Å². The average molecular weight is 366 g/mol. The van der Waals surface area contributed by atoms with Crippen molar-refractivity contribution in [2.45, 2.75) is 24.2 Å². The highest BCUT2D eigenvalue weighted by molar-refractivity contribution is 8.01. The summed E-state index contributed by atoms with van der Waals surface area (Å²) in [6.07, 6.45) is 2.60. The second-order valence-corrected chi connectivity index (χ2v) is 8.01. The van der Waals surface area contributed by atoms with Crippen LogP contribution in [0.5, 0.6) is 0 Å². The Kier molecular flexibility index (Phi) is 5.47. The smallest absolute Gasteiger partial charge is 0.206 e. The minimum Gasteiger partial charge on any atom is -0.467 e. The van der Waals surface area contributed by atoms with Gasteiger partial charge in [0.1, 0.15) is 5.76 Å². The molecular weight excluding hydrogens is 350 g/mol. The number of rotatable bonds is 8. The molecule has 0 amide bonds. The zero-order valence-corrected chi connectivity index (χ0v) is 14.9. The predicted octanol–water partition coefficient (Wildman–Crippen LogP) is 4.34. The number of nitrogens with zero attached hydrogens (tertiary/aromatic N) is 2. The molecular formula is C15H15N3O2S3. The van der Waals surface area contributed by atoms with Crippen molar-refractivity contribution in [3.05, 3.63) is 46.0 Å². The number of carbonyl (C=O) groups excluding carboxylic acids is 1. The molecule has 0 aromatic carbocycles. The maximum Gasteiger partial charge on any atom is 0.206 e. The van der Waals surface area contributed by atoms with Crippen LogP contribution in [0.1, 0.15) is 27.2 Å². The molecule has 3 aromatic heterocycles. The molecule has 0 atom stereocenters. The number of ketones is 1. The molecule has 0 saturated carbocycles. The molecule has 3 heterocycles. The Morgan fingerprint density at radius 3 is 2.96 bits per heavy atom. The van der Waals surface area contributed by atoms with Gasteiger partial charge in [0.15, 0.2) is 10.1 Å².